The van der Waals surface area contributed by atoms with Crippen LogP contribution in [0.2, 0.25) is 0 Å². The lowest BCUT2D eigenvalue weighted by Gasteiger charge is -2.30. The number of likely N-dealkylation sites (tertiary alicyclic amines) is 1. The van der Waals surface area contributed by atoms with Crippen LogP contribution in [0, 0.1) is 11.8 Å². The highest BCUT2D eigenvalue weighted by Gasteiger charge is 2.71. The summed E-state index contributed by atoms with van der Waals surface area (Å²) < 4.78 is 0. The molecule has 0 bridgehead atoms. The second kappa shape index (κ2) is 8.27. The predicted octanol–water partition coefficient (Wildman–Crippen LogP) is 3.38. The first-order valence-electron chi connectivity index (χ1n) is 11.7. The molecule has 1 N–H and O–H groups in total. The van der Waals surface area contributed by atoms with Crippen LogP contribution in [0.25, 0.3) is 0 Å². The quantitative estimate of drug-likeness (QED) is 0.526. The Morgan fingerprint density at radius 1 is 1.00 bits per heavy atom. The number of nitrogens with one attached hydrogen (secondary N) is 1. The largest absolute Gasteiger partial charge is 0.306 e. The average molecular weight is 444 g/mol. The van der Waals surface area contributed by atoms with Gasteiger partial charge in [0, 0.05) is 23.8 Å². The van der Waals surface area contributed by atoms with Crippen molar-refractivity contribution in [1.82, 2.24) is 10.2 Å². The molecule has 3 amide bonds. The van der Waals surface area contributed by atoms with Crippen molar-refractivity contribution in [3.8, 4) is 0 Å². The van der Waals surface area contributed by atoms with E-state index in [1.54, 1.807) is 11.0 Å². The Hall–Kier alpha value is -3.25. The Balaban J connectivity index is 1.61. The molecule has 1 spiro atoms. The normalized spacial score (nSPS) is 28.0. The Labute approximate surface area is 194 Å². The monoisotopic (exact) mass is 443 g/mol. The molecule has 6 heteroatoms. The van der Waals surface area contributed by atoms with E-state index in [-0.39, 0.29) is 30.3 Å². The zero-order valence-electron chi connectivity index (χ0n) is 18.9. The SMILES string of the molecule is C=CCN1C(=O)[C@@]2(N[C@@H](CCCC)[C@@H]3C(=O)N(Cc4ccccc4)C(=O)[C@@H]32)c2ccccc21. The van der Waals surface area contributed by atoms with E-state index in [1.807, 2.05) is 54.6 Å². The van der Waals surface area contributed by atoms with E-state index in [4.69, 9.17) is 0 Å². The zero-order valence-corrected chi connectivity index (χ0v) is 18.9. The molecule has 0 aliphatic carbocycles. The van der Waals surface area contributed by atoms with Crippen LogP contribution in [0.1, 0.15) is 37.3 Å². The van der Waals surface area contributed by atoms with Gasteiger partial charge in [0.25, 0.3) is 5.91 Å². The lowest BCUT2D eigenvalue weighted by molar-refractivity contribution is -0.143. The van der Waals surface area contributed by atoms with Gasteiger partial charge in [-0.1, -0.05) is 74.4 Å². The summed E-state index contributed by atoms with van der Waals surface area (Å²) in [5.41, 5.74) is 1.25. The highest BCUT2D eigenvalue weighted by Crippen LogP contribution is 2.55. The number of anilines is 1. The van der Waals surface area contributed by atoms with E-state index >= 15 is 0 Å². The topological polar surface area (TPSA) is 69.7 Å². The van der Waals surface area contributed by atoms with Gasteiger partial charge in [0.1, 0.15) is 5.54 Å². The van der Waals surface area contributed by atoms with Crippen LogP contribution in [0.15, 0.2) is 67.3 Å². The third kappa shape index (κ3) is 3.08. The molecule has 0 saturated carbocycles. The number of unbranched alkanes of at least 4 members (excludes halogenated alkanes) is 1. The van der Waals surface area contributed by atoms with Gasteiger partial charge >= 0.3 is 0 Å². The van der Waals surface area contributed by atoms with Gasteiger partial charge in [-0.05, 0) is 18.1 Å². The number of fused-ring (bicyclic) bond motifs is 4. The molecule has 2 aromatic rings. The van der Waals surface area contributed by atoms with Crippen molar-refractivity contribution < 1.29 is 14.4 Å². The number of para-hydroxylation sites is 1. The van der Waals surface area contributed by atoms with Crippen molar-refractivity contribution >= 4 is 23.4 Å². The molecule has 0 radical (unpaired) electrons. The summed E-state index contributed by atoms with van der Waals surface area (Å²) in [7, 11) is 0. The number of rotatable bonds is 7. The average Bonchev–Trinajstić information content (AvgIpc) is 3.39. The Kier molecular flexibility index (Phi) is 5.41. The zero-order chi connectivity index (χ0) is 23.2. The number of carbonyl (C=O) groups is 3. The van der Waals surface area contributed by atoms with Gasteiger partial charge in [0.2, 0.25) is 11.8 Å². The number of hydrogen-bond donors (Lipinski definition) is 1. The molecule has 2 fully saturated rings. The molecule has 0 unspecified atom stereocenters. The highest BCUT2D eigenvalue weighted by molar-refractivity contribution is 6.16. The Bertz CT molecular complexity index is 1110. The minimum absolute atomic E-state index is 0.166. The molecular formula is C27H29N3O3. The number of benzene rings is 2. The summed E-state index contributed by atoms with van der Waals surface area (Å²) in [4.78, 5) is 44.6. The van der Waals surface area contributed by atoms with Crippen molar-refractivity contribution in [2.45, 2.75) is 44.3 Å². The molecule has 6 nitrogen and oxygen atoms in total. The van der Waals surface area contributed by atoms with Crippen LogP contribution < -0.4 is 10.2 Å². The van der Waals surface area contributed by atoms with Crippen LogP contribution >= 0.6 is 0 Å². The van der Waals surface area contributed by atoms with Crippen molar-refractivity contribution in [1.29, 1.82) is 0 Å². The minimum Gasteiger partial charge on any atom is -0.306 e. The van der Waals surface area contributed by atoms with E-state index in [2.05, 4.69) is 18.8 Å². The van der Waals surface area contributed by atoms with E-state index in [0.29, 0.717) is 6.54 Å². The van der Waals surface area contributed by atoms with Gasteiger partial charge in [-0.15, -0.1) is 6.58 Å². The second-order valence-corrected chi connectivity index (χ2v) is 9.17. The first-order chi connectivity index (χ1) is 16.0. The summed E-state index contributed by atoms with van der Waals surface area (Å²) in [5.74, 6) is -1.90. The van der Waals surface area contributed by atoms with E-state index in [9.17, 15) is 14.4 Å². The summed E-state index contributed by atoms with van der Waals surface area (Å²) in [6, 6.07) is 16.9. The van der Waals surface area contributed by atoms with E-state index in [0.717, 1.165) is 36.1 Å². The van der Waals surface area contributed by atoms with E-state index in [1.165, 1.54) is 4.90 Å². The Morgan fingerprint density at radius 2 is 1.73 bits per heavy atom. The minimum atomic E-state index is -1.22. The van der Waals surface area contributed by atoms with Crippen molar-refractivity contribution in [3.63, 3.8) is 0 Å². The second-order valence-electron chi connectivity index (χ2n) is 9.17. The number of imide groups is 1. The fourth-order valence-electron chi connectivity index (χ4n) is 5.91. The molecule has 33 heavy (non-hydrogen) atoms. The third-order valence-electron chi connectivity index (χ3n) is 7.32. The van der Waals surface area contributed by atoms with Crippen LogP contribution in [0.3, 0.4) is 0 Å². The standard InChI is InChI=1S/C27H29N3O3/c1-3-5-14-20-22-23(25(32)30(24(22)31)17-18-11-7-6-8-12-18)27(28-20)19-13-9-10-15-21(19)29(16-4-2)26(27)33/h4,6-13,15,20,22-23,28H,2-3,5,14,16-17H2,1H3/t20-,22-,23+,27+/m0/s1. The van der Waals surface area contributed by atoms with Gasteiger partial charge in [0.05, 0.1) is 18.4 Å². The fourth-order valence-corrected chi connectivity index (χ4v) is 5.91. The van der Waals surface area contributed by atoms with Crippen molar-refractivity contribution in [3.05, 3.63) is 78.4 Å². The summed E-state index contributed by atoms with van der Waals surface area (Å²) in [6.45, 7) is 6.50. The molecular weight excluding hydrogens is 414 g/mol. The fraction of sp³-hybridized carbons (Fsp3) is 0.370. The molecule has 2 aromatic carbocycles. The van der Waals surface area contributed by atoms with Gasteiger partial charge in [-0.3, -0.25) is 24.6 Å². The number of amides is 3. The molecule has 2 saturated heterocycles. The number of carbonyl (C=O) groups excluding carboxylic acids is 3. The number of nitrogens with zero attached hydrogens (tertiary/aromatic N) is 2. The molecule has 3 aliphatic heterocycles. The number of hydrogen-bond acceptors (Lipinski definition) is 4. The van der Waals surface area contributed by atoms with Gasteiger partial charge in [-0.25, -0.2) is 0 Å². The maximum atomic E-state index is 14.0. The third-order valence-corrected chi connectivity index (χ3v) is 7.32. The molecule has 0 aromatic heterocycles. The van der Waals surface area contributed by atoms with Crippen LogP contribution in [0.5, 0.6) is 0 Å². The highest BCUT2D eigenvalue weighted by atomic mass is 16.2. The van der Waals surface area contributed by atoms with Crippen molar-refractivity contribution in [2.24, 2.45) is 11.8 Å². The van der Waals surface area contributed by atoms with Gasteiger partial charge in [0.15, 0.2) is 0 Å². The molecule has 3 aliphatic rings. The first kappa shape index (κ1) is 21.6. The smallest absolute Gasteiger partial charge is 0.253 e. The van der Waals surface area contributed by atoms with Crippen LogP contribution in [-0.2, 0) is 26.5 Å². The molecule has 4 atom stereocenters. The van der Waals surface area contributed by atoms with Crippen LogP contribution in [-0.4, -0.2) is 35.2 Å². The molecule has 5 rings (SSSR count). The van der Waals surface area contributed by atoms with Gasteiger partial charge < -0.3 is 4.90 Å². The van der Waals surface area contributed by atoms with E-state index < -0.39 is 17.4 Å². The first-order valence-corrected chi connectivity index (χ1v) is 11.7. The molecule has 170 valence electrons. The van der Waals surface area contributed by atoms with Gasteiger partial charge in [-0.2, -0.15) is 0 Å². The molecule has 3 heterocycles. The lowest BCUT2D eigenvalue weighted by atomic mass is 9.76. The maximum absolute atomic E-state index is 14.0. The predicted molar refractivity (Wildman–Crippen MR) is 126 cm³/mol. The lowest BCUT2D eigenvalue weighted by Crippen LogP contribution is -2.55. The Morgan fingerprint density at radius 3 is 2.45 bits per heavy atom. The summed E-state index contributed by atoms with van der Waals surface area (Å²) >= 11 is 0. The van der Waals surface area contributed by atoms with Crippen molar-refractivity contribution in [2.75, 3.05) is 11.4 Å². The van der Waals surface area contributed by atoms with Crippen LogP contribution in [0.4, 0.5) is 5.69 Å². The maximum Gasteiger partial charge on any atom is 0.253 e. The summed E-state index contributed by atoms with van der Waals surface area (Å²) in [5, 5.41) is 3.55. The summed E-state index contributed by atoms with van der Waals surface area (Å²) in [6.07, 6.45) is 4.33.